The molecule has 3 rings (SSSR count). The molecule has 4 heteroatoms. The Hall–Kier alpha value is -1.55. The van der Waals surface area contributed by atoms with Gasteiger partial charge >= 0.3 is 0 Å². The van der Waals surface area contributed by atoms with Gasteiger partial charge in [-0.15, -0.1) is 0 Å². The van der Waals surface area contributed by atoms with Crippen molar-refractivity contribution in [2.24, 2.45) is 0 Å². The Morgan fingerprint density at radius 1 is 1.19 bits per heavy atom. The first-order valence-corrected chi connectivity index (χ1v) is 8.02. The van der Waals surface area contributed by atoms with Gasteiger partial charge in [-0.3, -0.25) is 4.79 Å². The van der Waals surface area contributed by atoms with E-state index in [4.69, 9.17) is 4.42 Å². The van der Waals surface area contributed by atoms with Gasteiger partial charge in [-0.25, -0.2) is 0 Å². The molecule has 0 spiro atoms. The van der Waals surface area contributed by atoms with Crippen LogP contribution < -0.4 is 5.32 Å². The van der Waals surface area contributed by atoms with Crippen molar-refractivity contribution in [3.63, 3.8) is 0 Å². The molecule has 2 heterocycles. The molecular formula is C17H18BrNO2. The van der Waals surface area contributed by atoms with Gasteiger partial charge in [0.15, 0.2) is 0 Å². The SMILES string of the molecule is Cc1oc(C)c(C(Br)c2ccc3c(c2)CCC(=O)N3)c1C. The predicted octanol–water partition coefficient (Wildman–Crippen LogP) is 4.57. The van der Waals surface area contributed by atoms with Crippen LogP contribution in [0, 0.1) is 20.8 Å². The van der Waals surface area contributed by atoms with Crippen LogP contribution in [0.2, 0.25) is 0 Å². The largest absolute Gasteiger partial charge is 0.466 e. The van der Waals surface area contributed by atoms with Crippen molar-refractivity contribution in [1.82, 2.24) is 0 Å². The molecule has 1 atom stereocenters. The highest BCUT2D eigenvalue weighted by atomic mass is 79.9. The number of fused-ring (bicyclic) bond motifs is 1. The summed E-state index contributed by atoms with van der Waals surface area (Å²) >= 11 is 3.80. The van der Waals surface area contributed by atoms with Gasteiger partial charge in [-0.2, -0.15) is 0 Å². The van der Waals surface area contributed by atoms with E-state index >= 15 is 0 Å². The summed E-state index contributed by atoms with van der Waals surface area (Å²) in [6.45, 7) is 6.09. The molecular weight excluding hydrogens is 330 g/mol. The Morgan fingerprint density at radius 2 is 1.95 bits per heavy atom. The molecule has 3 nitrogen and oxygen atoms in total. The van der Waals surface area contributed by atoms with E-state index < -0.39 is 0 Å². The van der Waals surface area contributed by atoms with Gasteiger partial charge in [-0.1, -0.05) is 28.1 Å². The van der Waals surface area contributed by atoms with Crippen LogP contribution in [0.15, 0.2) is 22.6 Å². The minimum absolute atomic E-state index is 0.0998. The zero-order valence-corrected chi connectivity index (χ0v) is 14.0. The van der Waals surface area contributed by atoms with E-state index in [0.29, 0.717) is 6.42 Å². The van der Waals surface area contributed by atoms with Gasteiger partial charge in [-0.05, 0) is 49.9 Å². The van der Waals surface area contributed by atoms with Crippen LogP contribution in [-0.4, -0.2) is 5.91 Å². The van der Waals surface area contributed by atoms with E-state index in [1.54, 1.807) is 0 Å². The number of anilines is 1. The van der Waals surface area contributed by atoms with Crippen LogP contribution in [0.3, 0.4) is 0 Å². The highest BCUT2D eigenvalue weighted by molar-refractivity contribution is 9.09. The van der Waals surface area contributed by atoms with Crippen LogP contribution in [0.5, 0.6) is 0 Å². The summed E-state index contributed by atoms with van der Waals surface area (Å²) in [6, 6.07) is 6.23. The zero-order valence-electron chi connectivity index (χ0n) is 12.4. The maximum absolute atomic E-state index is 11.4. The van der Waals surface area contributed by atoms with Crippen molar-refractivity contribution in [3.8, 4) is 0 Å². The lowest BCUT2D eigenvalue weighted by molar-refractivity contribution is -0.116. The predicted molar refractivity (Wildman–Crippen MR) is 87.1 cm³/mol. The fourth-order valence-electron chi connectivity index (χ4n) is 2.91. The number of halogens is 1. The summed E-state index contributed by atoms with van der Waals surface area (Å²) in [7, 11) is 0. The normalized spacial score (nSPS) is 15.5. The van der Waals surface area contributed by atoms with Gasteiger partial charge in [0.2, 0.25) is 5.91 Å². The van der Waals surface area contributed by atoms with Crippen molar-refractivity contribution in [3.05, 3.63) is 52.0 Å². The second kappa shape index (κ2) is 5.34. The zero-order chi connectivity index (χ0) is 15.1. The van der Waals surface area contributed by atoms with Gasteiger partial charge in [0.05, 0.1) is 4.83 Å². The number of aryl methyl sites for hydroxylation is 3. The summed E-state index contributed by atoms with van der Waals surface area (Å²) in [6.07, 6.45) is 1.36. The quantitative estimate of drug-likeness (QED) is 0.808. The van der Waals surface area contributed by atoms with Crippen LogP contribution in [0.4, 0.5) is 5.69 Å². The molecule has 1 aliphatic rings. The molecule has 0 fully saturated rings. The number of benzene rings is 1. The average Bonchev–Trinajstić information content (AvgIpc) is 2.71. The van der Waals surface area contributed by atoms with E-state index in [0.717, 1.165) is 23.6 Å². The minimum Gasteiger partial charge on any atom is -0.466 e. The maximum Gasteiger partial charge on any atom is 0.224 e. The molecule has 1 aromatic carbocycles. The summed E-state index contributed by atoms with van der Waals surface area (Å²) in [4.78, 5) is 11.5. The molecule has 1 amide bonds. The molecule has 1 unspecified atom stereocenters. The number of amides is 1. The fraction of sp³-hybridized carbons (Fsp3) is 0.353. The fourth-order valence-corrected chi connectivity index (χ4v) is 3.86. The van der Waals surface area contributed by atoms with Gasteiger partial charge in [0.1, 0.15) is 11.5 Å². The lowest BCUT2D eigenvalue weighted by Gasteiger charge is -2.19. The number of nitrogens with one attached hydrogen (secondary N) is 1. The molecule has 0 radical (unpaired) electrons. The molecule has 1 N–H and O–H groups in total. The van der Waals surface area contributed by atoms with Crippen LogP contribution >= 0.6 is 15.9 Å². The molecule has 1 aromatic heterocycles. The van der Waals surface area contributed by atoms with Crippen molar-refractivity contribution in [2.75, 3.05) is 5.32 Å². The lowest BCUT2D eigenvalue weighted by atomic mass is 9.96. The lowest BCUT2D eigenvalue weighted by Crippen LogP contribution is -2.19. The Labute approximate surface area is 132 Å². The molecule has 0 saturated carbocycles. The summed E-state index contributed by atoms with van der Waals surface area (Å²) in [5.41, 5.74) is 5.73. The smallest absolute Gasteiger partial charge is 0.224 e. The Balaban J connectivity index is 1.99. The summed E-state index contributed by atoms with van der Waals surface area (Å²) in [5.74, 6) is 2.03. The number of carbonyl (C=O) groups excluding carboxylic acids is 1. The number of carbonyl (C=O) groups is 1. The number of rotatable bonds is 2. The van der Waals surface area contributed by atoms with E-state index in [2.05, 4.69) is 40.3 Å². The number of hydrogen-bond donors (Lipinski definition) is 1. The summed E-state index contributed by atoms with van der Waals surface area (Å²) in [5, 5.41) is 2.92. The van der Waals surface area contributed by atoms with E-state index in [1.807, 2.05) is 19.9 Å². The molecule has 0 bridgehead atoms. The van der Waals surface area contributed by atoms with Crippen molar-refractivity contribution < 1.29 is 9.21 Å². The van der Waals surface area contributed by atoms with Crippen LogP contribution in [0.1, 0.15) is 45.0 Å². The highest BCUT2D eigenvalue weighted by Gasteiger charge is 2.22. The molecule has 0 saturated heterocycles. The monoisotopic (exact) mass is 347 g/mol. The Bertz CT molecular complexity index is 718. The Morgan fingerprint density at radius 3 is 2.62 bits per heavy atom. The number of furan rings is 1. The standard InChI is InChI=1S/C17H18BrNO2/c1-9-10(2)21-11(3)16(9)17(18)13-4-6-14-12(8-13)5-7-15(20)19-14/h4,6,8,17H,5,7H2,1-3H3,(H,19,20). The first kappa shape index (κ1) is 14.4. The third kappa shape index (κ3) is 2.53. The van der Waals surface area contributed by atoms with E-state index in [9.17, 15) is 4.79 Å². The minimum atomic E-state index is 0.0998. The van der Waals surface area contributed by atoms with E-state index in [1.165, 1.54) is 22.3 Å². The summed E-state index contributed by atoms with van der Waals surface area (Å²) < 4.78 is 5.73. The van der Waals surface area contributed by atoms with Gasteiger partial charge < -0.3 is 9.73 Å². The van der Waals surface area contributed by atoms with Crippen molar-refractivity contribution in [1.29, 1.82) is 0 Å². The highest BCUT2D eigenvalue weighted by Crippen LogP contribution is 2.39. The second-order valence-corrected chi connectivity index (χ2v) is 6.50. The maximum atomic E-state index is 11.4. The molecule has 2 aromatic rings. The molecule has 110 valence electrons. The van der Waals surface area contributed by atoms with Gasteiger partial charge in [0.25, 0.3) is 0 Å². The molecule has 0 aliphatic carbocycles. The van der Waals surface area contributed by atoms with Crippen LogP contribution in [-0.2, 0) is 11.2 Å². The average molecular weight is 348 g/mol. The van der Waals surface area contributed by atoms with Crippen molar-refractivity contribution in [2.45, 2.75) is 38.4 Å². The van der Waals surface area contributed by atoms with Gasteiger partial charge in [0, 0.05) is 17.7 Å². The van der Waals surface area contributed by atoms with E-state index in [-0.39, 0.29) is 10.7 Å². The topological polar surface area (TPSA) is 42.2 Å². The number of hydrogen-bond acceptors (Lipinski definition) is 2. The first-order valence-electron chi connectivity index (χ1n) is 7.10. The molecule has 21 heavy (non-hydrogen) atoms. The second-order valence-electron chi connectivity index (χ2n) is 5.58. The third-order valence-electron chi connectivity index (χ3n) is 4.19. The Kier molecular flexibility index (Phi) is 3.66. The third-order valence-corrected chi connectivity index (χ3v) is 5.17. The molecule has 1 aliphatic heterocycles. The van der Waals surface area contributed by atoms with Crippen molar-refractivity contribution >= 4 is 27.5 Å². The van der Waals surface area contributed by atoms with Crippen LogP contribution in [0.25, 0.3) is 0 Å². The number of alkyl halides is 1. The first-order chi connectivity index (χ1) is 9.97.